The van der Waals surface area contributed by atoms with Gasteiger partial charge in [0.05, 0.1) is 18.3 Å². The summed E-state index contributed by atoms with van der Waals surface area (Å²) < 4.78 is 0. The highest BCUT2D eigenvalue weighted by molar-refractivity contribution is 5.79. The van der Waals surface area contributed by atoms with E-state index in [4.69, 9.17) is 5.73 Å². The van der Waals surface area contributed by atoms with Gasteiger partial charge < -0.3 is 10.6 Å². The first-order valence-corrected chi connectivity index (χ1v) is 7.26. The molecular weight excluding hydrogens is 262 g/mol. The zero-order valence-electron chi connectivity index (χ0n) is 11.9. The van der Waals surface area contributed by atoms with Crippen molar-refractivity contribution in [1.29, 1.82) is 0 Å². The molecule has 0 radical (unpaired) electrons. The lowest BCUT2D eigenvalue weighted by Gasteiger charge is -2.22. The van der Waals surface area contributed by atoms with E-state index in [1.165, 1.54) is 5.56 Å². The van der Waals surface area contributed by atoms with Crippen molar-refractivity contribution < 1.29 is 4.79 Å². The topological polar surface area (TPSA) is 59.2 Å². The maximum Gasteiger partial charge on any atom is 0.229 e. The first-order valence-electron chi connectivity index (χ1n) is 7.26. The van der Waals surface area contributed by atoms with E-state index in [9.17, 15) is 4.79 Å². The van der Waals surface area contributed by atoms with Crippen molar-refractivity contribution in [1.82, 2.24) is 9.88 Å². The van der Waals surface area contributed by atoms with Crippen LogP contribution in [0.5, 0.6) is 0 Å². The van der Waals surface area contributed by atoms with Crippen molar-refractivity contribution in [3.05, 3.63) is 59.9 Å². The van der Waals surface area contributed by atoms with Crippen LogP contribution in [-0.2, 0) is 17.8 Å². The Morgan fingerprint density at radius 1 is 1.19 bits per heavy atom. The number of hydrogen-bond acceptors (Lipinski definition) is 3. The van der Waals surface area contributed by atoms with Gasteiger partial charge in [0.25, 0.3) is 0 Å². The Morgan fingerprint density at radius 3 is 2.57 bits per heavy atom. The Morgan fingerprint density at radius 2 is 1.95 bits per heavy atom. The number of hydrogen-bond donors (Lipinski definition) is 1. The van der Waals surface area contributed by atoms with Gasteiger partial charge in [-0.1, -0.05) is 30.3 Å². The molecule has 1 heterocycles. The second kappa shape index (κ2) is 5.95. The Balaban J connectivity index is 1.69. The van der Waals surface area contributed by atoms with Crippen LogP contribution < -0.4 is 5.73 Å². The third-order valence-corrected chi connectivity index (χ3v) is 3.68. The summed E-state index contributed by atoms with van der Waals surface area (Å²) in [5.41, 5.74) is 8.18. The number of aromatic nitrogens is 1. The highest BCUT2D eigenvalue weighted by Gasteiger charge is 2.32. The number of benzene rings is 1. The zero-order chi connectivity index (χ0) is 14.7. The molecule has 108 valence electrons. The van der Waals surface area contributed by atoms with Crippen molar-refractivity contribution in [2.75, 3.05) is 5.73 Å². The molecule has 2 aromatic rings. The summed E-state index contributed by atoms with van der Waals surface area (Å²) in [5.74, 6) is 0.138. The number of anilines is 1. The lowest BCUT2D eigenvalue weighted by Crippen LogP contribution is -2.34. The van der Waals surface area contributed by atoms with E-state index >= 15 is 0 Å². The number of carbonyl (C=O) groups is 1. The van der Waals surface area contributed by atoms with Gasteiger partial charge in [0, 0.05) is 18.3 Å². The number of amides is 1. The van der Waals surface area contributed by atoms with E-state index in [2.05, 4.69) is 17.1 Å². The molecule has 0 atom stereocenters. The van der Waals surface area contributed by atoms with E-state index in [1.807, 2.05) is 29.2 Å². The van der Waals surface area contributed by atoms with Gasteiger partial charge in [-0.2, -0.15) is 0 Å². The average Bonchev–Trinajstić information content (AvgIpc) is 3.33. The molecule has 1 amide bonds. The Labute approximate surface area is 124 Å². The standard InChI is InChI=1S/C17H19N3O/c18-14-6-7-15(19-11-14)10-17(21)20(16-8-9-16)12-13-4-2-1-3-5-13/h1-7,11,16H,8-10,12,18H2. The molecule has 4 nitrogen and oxygen atoms in total. The van der Waals surface area contributed by atoms with E-state index < -0.39 is 0 Å². The van der Waals surface area contributed by atoms with Crippen molar-refractivity contribution in [2.24, 2.45) is 0 Å². The Kier molecular flexibility index (Phi) is 3.86. The van der Waals surface area contributed by atoms with Crippen LogP contribution in [0.3, 0.4) is 0 Å². The summed E-state index contributed by atoms with van der Waals surface area (Å²) in [6.07, 6.45) is 4.15. The van der Waals surface area contributed by atoms with Crippen LogP contribution in [0.25, 0.3) is 0 Å². The van der Waals surface area contributed by atoms with Crippen LogP contribution in [-0.4, -0.2) is 21.8 Å². The quantitative estimate of drug-likeness (QED) is 0.915. The van der Waals surface area contributed by atoms with Gasteiger partial charge in [-0.05, 0) is 30.5 Å². The fourth-order valence-electron chi connectivity index (χ4n) is 2.38. The predicted molar refractivity (Wildman–Crippen MR) is 82.4 cm³/mol. The van der Waals surface area contributed by atoms with Gasteiger partial charge in [-0.25, -0.2) is 0 Å². The van der Waals surface area contributed by atoms with Gasteiger partial charge in [0.2, 0.25) is 5.91 Å². The van der Waals surface area contributed by atoms with Crippen LogP contribution in [0.15, 0.2) is 48.7 Å². The molecule has 4 heteroatoms. The van der Waals surface area contributed by atoms with Crippen molar-refractivity contribution >= 4 is 11.6 Å². The van der Waals surface area contributed by atoms with Crippen LogP contribution in [0, 0.1) is 0 Å². The monoisotopic (exact) mass is 281 g/mol. The van der Waals surface area contributed by atoms with E-state index in [0.717, 1.165) is 18.5 Å². The third kappa shape index (κ3) is 3.60. The number of nitrogens with zero attached hydrogens (tertiary/aromatic N) is 2. The largest absolute Gasteiger partial charge is 0.397 e. The lowest BCUT2D eigenvalue weighted by molar-refractivity contribution is -0.131. The van der Waals surface area contributed by atoms with Crippen LogP contribution in [0.2, 0.25) is 0 Å². The summed E-state index contributed by atoms with van der Waals surface area (Å²) in [7, 11) is 0. The molecule has 1 aliphatic rings. The summed E-state index contributed by atoms with van der Waals surface area (Å²) in [6, 6.07) is 14.1. The van der Waals surface area contributed by atoms with Gasteiger partial charge in [-0.15, -0.1) is 0 Å². The number of nitrogens with two attached hydrogens (primary N) is 1. The highest BCUT2D eigenvalue weighted by atomic mass is 16.2. The van der Waals surface area contributed by atoms with Gasteiger partial charge >= 0.3 is 0 Å². The van der Waals surface area contributed by atoms with Gasteiger partial charge in [0.1, 0.15) is 0 Å². The van der Waals surface area contributed by atoms with Crippen molar-refractivity contribution in [3.63, 3.8) is 0 Å². The SMILES string of the molecule is Nc1ccc(CC(=O)N(Cc2ccccc2)C2CC2)nc1. The molecule has 0 bridgehead atoms. The Hall–Kier alpha value is -2.36. The van der Waals surface area contributed by atoms with Crippen molar-refractivity contribution in [2.45, 2.75) is 31.8 Å². The maximum atomic E-state index is 12.5. The zero-order valence-corrected chi connectivity index (χ0v) is 11.9. The molecular formula is C17H19N3O. The minimum atomic E-state index is 0.138. The number of carbonyl (C=O) groups excluding carboxylic acids is 1. The molecule has 0 spiro atoms. The first kappa shape index (κ1) is 13.6. The number of nitrogen functional groups attached to an aromatic ring is 1. The first-order chi connectivity index (χ1) is 10.2. The van der Waals surface area contributed by atoms with Gasteiger partial charge in [-0.3, -0.25) is 9.78 Å². The molecule has 0 aliphatic heterocycles. The molecule has 21 heavy (non-hydrogen) atoms. The molecule has 0 unspecified atom stereocenters. The van der Waals surface area contributed by atoms with E-state index in [-0.39, 0.29) is 5.91 Å². The summed E-state index contributed by atoms with van der Waals surface area (Å²) in [6.45, 7) is 0.680. The molecule has 0 saturated heterocycles. The van der Waals surface area contributed by atoms with E-state index in [1.54, 1.807) is 12.3 Å². The summed E-state index contributed by atoms with van der Waals surface area (Å²) in [5, 5.41) is 0. The summed E-state index contributed by atoms with van der Waals surface area (Å²) >= 11 is 0. The van der Waals surface area contributed by atoms with Crippen LogP contribution in [0.1, 0.15) is 24.1 Å². The van der Waals surface area contributed by atoms with Crippen molar-refractivity contribution in [3.8, 4) is 0 Å². The highest BCUT2D eigenvalue weighted by Crippen LogP contribution is 2.29. The average molecular weight is 281 g/mol. The van der Waals surface area contributed by atoms with Gasteiger partial charge in [0.15, 0.2) is 0 Å². The van der Waals surface area contributed by atoms with Crippen LogP contribution in [0.4, 0.5) is 5.69 Å². The fourth-order valence-corrected chi connectivity index (χ4v) is 2.38. The van der Waals surface area contributed by atoms with Crippen LogP contribution >= 0.6 is 0 Å². The molecule has 1 aliphatic carbocycles. The second-order valence-electron chi connectivity index (χ2n) is 5.50. The fraction of sp³-hybridized carbons (Fsp3) is 0.294. The predicted octanol–water partition coefficient (Wildman–Crippen LogP) is 2.40. The smallest absolute Gasteiger partial charge is 0.229 e. The lowest BCUT2D eigenvalue weighted by atomic mass is 10.2. The minimum absolute atomic E-state index is 0.138. The Bertz CT molecular complexity index is 606. The summed E-state index contributed by atoms with van der Waals surface area (Å²) in [4.78, 5) is 18.7. The molecule has 1 saturated carbocycles. The third-order valence-electron chi connectivity index (χ3n) is 3.68. The molecule has 3 rings (SSSR count). The second-order valence-corrected chi connectivity index (χ2v) is 5.50. The molecule has 1 fully saturated rings. The normalized spacial score (nSPS) is 13.9. The molecule has 2 N–H and O–H groups in total. The molecule has 1 aromatic heterocycles. The number of rotatable bonds is 5. The minimum Gasteiger partial charge on any atom is -0.397 e. The maximum absolute atomic E-state index is 12.5. The number of pyridine rings is 1. The van der Waals surface area contributed by atoms with E-state index in [0.29, 0.717) is 24.7 Å². The molecule has 1 aromatic carbocycles.